The van der Waals surface area contributed by atoms with Gasteiger partial charge < -0.3 is 14.5 Å². The van der Waals surface area contributed by atoms with E-state index in [1.165, 1.54) is 6.33 Å². The fourth-order valence-electron chi connectivity index (χ4n) is 3.20. The molecule has 22 heavy (non-hydrogen) atoms. The summed E-state index contributed by atoms with van der Waals surface area (Å²) in [7, 11) is 3.80. The van der Waals surface area contributed by atoms with E-state index in [1.54, 1.807) is 7.11 Å². The van der Waals surface area contributed by atoms with Crippen molar-refractivity contribution in [1.29, 1.82) is 0 Å². The van der Waals surface area contributed by atoms with E-state index < -0.39 is 0 Å². The zero-order valence-electron chi connectivity index (χ0n) is 13.2. The number of nitrogens with one attached hydrogen (secondary N) is 1. The molecule has 0 unspecified atom stereocenters. The second kappa shape index (κ2) is 6.72. The van der Waals surface area contributed by atoms with Gasteiger partial charge in [0.25, 0.3) is 0 Å². The van der Waals surface area contributed by atoms with Crippen molar-refractivity contribution in [3.8, 4) is 0 Å². The molecule has 0 radical (unpaired) electrons. The number of methoxy groups -OCH3 is 1. The summed E-state index contributed by atoms with van der Waals surface area (Å²) >= 11 is 0. The van der Waals surface area contributed by atoms with Crippen LogP contribution in [0.5, 0.6) is 0 Å². The van der Waals surface area contributed by atoms with Crippen molar-refractivity contribution in [3.05, 3.63) is 12.2 Å². The molecule has 0 bridgehead atoms. The number of rotatable bonds is 4. The van der Waals surface area contributed by atoms with Crippen molar-refractivity contribution in [2.24, 2.45) is 0 Å². The summed E-state index contributed by atoms with van der Waals surface area (Å²) in [6, 6.07) is 0.0730. The third-order valence-electron chi connectivity index (χ3n) is 4.64. The predicted octanol–water partition coefficient (Wildman–Crippen LogP) is -0.659. The number of carbonyl (C=O) groups is 1. The van der Waals surface area contributed by atoms with Crippen LogP contribution in [0.4, 0.5) is 0 Å². The molecule has 2 aliphatic heterocycles. The second-order valence-electron chi connectivity index (χ2n) is 6.09. The van der Waals surface area contributed by atoms with E-state index in [0.29, 0.717) is 6.54 Å². The highest BCUT2D eigenvalue weighted by Crippen LogP contribution is 2.30. The molecule has 1 aromatic heterocycles. The van der Waals surface area contributed by atoms with Crippen molar-refractivity contribution in [3.63, 3.8) is 0 Å². The molecule has 1 amide bonds. The fraction of sp³-hybridized carbons (Fsp3) is 0.786. The summed E-state index contributed by atoms with van der Waals surface area (Å²) in [5, 5.41) is 6.85. The van der Waals surface area contributed by atoms with E-state index in [0.717, 1.165) is 45.0 Å². The number of hydrogen-bond acceptors (Lipinski definition) is 6. The number of piperazine rings is 1. The van der Waals surface area contributed by atoms with Gasteiger partial charge in [-0.05, 0) is 13.5 Å². The van der Waals surface area contributed by atoms with Gasteiger partial charge in [0.05, 0.1) is 18.7 Å². The number of aromatic nitrogens is 3. The summed E-state index contributed by atoms with van der Waals surface area (Å²) in [5.41, 5.74) is 0. The van der Waals surface area contributed by atoms with Gasteiger partial charge in [-0.15, -0.1) is 0 Å². The Labute approximate surface area is 130 Å². The summed E-state index contributed by atoms with van der Waals surface area (Å²) in [4.78, 5) is 23.2. The highest BCUT2D eigenvalue weighted by molar-refractivity contribution is 5.78. The van der Waals surface area contributed by atoms with Crippen LogP contribution in [0.2, 0.25) is 0 Å². The maximum atomic E-state index is 12.5. The molecule has 3 heterocycles. The van der Waals surface area contributed by atoms with Crippen molar-refractivity contribution < 1.29 is 9.53 Å². The lowest BCUT2D eigenvalue weighted by Crippen LogP contribution is -2.50. The van der Waals surface area contributed by atoms with E-state index in [-0.39, 0.29) is 18.1 Å². The van der Waals surface area contributed by atoms with Gasteiger partial charge in [0.2, 0.25) is 5.91 Å². The maximum absolute atomic E-state index is 12.5. The second-order valence-corrected chi connectivity index (χ2v) is 6.09. The first-order chi connectivity index (χ1) is 10.7. The minimum atomic E-state index is 0.0730. The molecule has 2 atom stereocenters. The number of amides is 1. The third-order valence-corrected chi connectivity index (χ3v) is 4.64. The molecule has 8 heteroatoms. The van der Waals surface area contributed by atoms with Gasteiger partial charge in [0.1, 0.15) is 12.2 Å². The molecule has 2 aliphatic rings. The molecule has 0 aromatic carbocycles. The smallest absolute Gasteiger partial charge is 0.236 e. The molecule has 3 rings (SSSR count). The standard InChI is InChI=1S/C14H24N6O2/c1-18-3-5-19(6-4-18)13(21)9-20-8-11(22-2)7-12(20)14-15-10-16-17-14/h10-12H,3-9H2,1-2H3,(H,15,16,17)/t11-,12+/m1/s1. The fourth-order valence-corrected chi connectivity index (χ4v) is 3.20. The van der Waals surface area contributed by atoms with Gasteiger partial charge in [-0.25, -0.2) is 4.98 Å². The number of ether oxygens (including phenoxy) is 1. The van der Waals surface area contributed by atoms with Crippen molar-refractivity contribution in [1.82, 2.24) is 29.9 Å². The van der Waals surface area contributed by atoms with Crippen LogP contribution < -0.4 is 0 Å². The van der Waals surface area contributed by atoms with E-state index in [1.807, 2.05) is 4.90 Å². The average molecular weight is 308 g/mol. The molecule has 122 valence electrons. The Balaban J connectivity index is 1.63. The quantitative estimate of drug-likeness (QED) is 0.796. The van der Waals surface area contributed by atoms with Crippen LogP contribution in [0.3, 0.4) is 0 Å². The van der Waals surface area contributed by atoms with Crippen LogP contribution in [-0.2, 0) is 9.53 Å². The van der Waals surface area contributed by atoms with E-state index in [2.05, 4.69) is 32.0 Å². The highest BCUT2D eigenvalue weighted by atomic mass is 16.5. The minimum absolute atomic E-state index is 0.0730. The Morgan fingerprint density at radius 2 is 2.18 bits per heavy atom. The third kappa shape index (κ3) is 3.29. The number of H-pyrrole nitrogens is 1. The molecule has 2 saturated heterocycles. The summed E-state index contributed by atoms with van der Waals surface area (Å²) in [5.74, 6) is 1.00. The average Bonchev–Trinajstić information content (AvgIpc) is 3.16. The van der Waals surface area contributed by atoms with E-state index in [9.17, 15) is 4.79 Å². The number of hydrogen-bond donors (Lipinski definition) is 1. The summed E-state index contributed by atoms with van der Waals surface area (Å²) < 4.78 is 5.48. The lowest BCUT2D eigenvalue weighted by molar-refractivity contribution is -0.134. The summed E-state index contributed by atoms with van der Waals surface area (Å²) in [6.45, 7) is 4.67. The Kier molecular flexibility index (Phi) is 4.70. The molecule has 0 aliphatic carbocycles. The number of aromatic amines is 1. The minimum Gasteiger partial charge on any atom is -0.380 e. The monoisotopic (exact) mass is 308 g/mol. The molecule has 0 spiro atoms. The van der Waals surface area contributed by atoms with Crippen molar-refractivity contribution in [2.75, 3.05) is 53.4 Å². The SMILES string of the molecule is CO[C@@H]1C[C@@H](c2ncn[nH]2)N(CC(=O)N2CCN(C)CC2)C1. The molecule has 2 fully saturated rings. The van der Waals surface area contributed by atoms with Crippen LogP contribution >= 0.6 is 0 Å². The van der Waals surface area contributed by atoms with Crippen LogP contribution in [0.25, 0.3) is 0 Å². The van der Waals surface area contributed by atoms with Crippen molar-refractivity contribution in [2.45, 2.75) is 18.6 Å². The lowest BCUT2D eigenvalue weighted by atomic mass is 10.2. The molecule has 0 saturated carbocycles. The van der Waals surface area contributed by atoms with Gasteiger partial charge in [0, 0.05) is 39.8 Å². The van der Waals surface area contributed by atoms with Crippen molar-refractivity contribution >= 4 is 5.91 Å². The van der Waals surface area contributed by atoms with Gasteiger partial charge in [-0.1, -0.05) is 0 Å². The van der Waals surface area contributed by atoms with Gasteiger partial charge in [-0.3, -0.25) is 14.8 Å². The molecular formula is C14H24N6O2. The predicted molar refractivity (Wildman–Crippen MR) is 80.2 cm³/mol. The van der Waals surface area contributed by atoms with Crippen LogP contribution in [-0.4, -0.2) is 95.3 Å². The van der Waals surface area contributed by atoms with Crippen LogP contribution in [0.1, 0.15) is 18.3 Å². The summed E-state index contributed by atoms with van der Waals surface area (Å²) in [6.07, 6.45) is 2.48. The van der Waals surface area contributed by atoms with Gasteiger partial charge >= 0.3 is 0 Å². The first-order valence-corrected chi connectivity index (χ1v) is 7.76. The number of nitrogens with zero attached hydrogens (tertiary/aromatic N) is 5. The molecule has 1 aromatic rings. The van der Waals surface area contributed by atoms with Gasteiger partial charge in [-0.2, -0.15) is 5.10 Å². The normalized spacial score (nSPS) is 27.5. The van der Waals surface area contributed by atoms with Crippen LogP contribution in [0, 0.1) is 0 Å². The highest BCUT2D eigenvalue weighted by Gasteiger charge is 2.36. The molecule has 8 nitrogen and oxygen atoms in total. The van der Waals surface area contributed by atoms with E-state index >= 15 is 0 Å². The van der Waals surface area contributed by atoms with Gasteiger partial charge in [0.15, 0.2) is 0 Å². The number of likely N-dealkylation sites (N-methyl/N-ethyl adjacent to an activating group) is 1. The van der Waals surface area contributed by atoms with Crippen LogP contribution in [0.15, 0.2) is 6.33 Å². The van der Waals surface area contributed by atoms with E-state index in [4.69, 9.17) is 4.74 Å². The Hall–Kier alpha value is -1.51. The molecule has 1 N–H and O–H groups in total. The first kappa shape index (κ1) is 15.4. The Morgan fingerprint density at radius 1 is 1.41 bits per heavy atom. The lowest BCUT2D eigenvalue weighted by Gasteiger charge is -2.34. The largest absolute Gasteiger partial charge is 0.380 e. The molecular weight excluding hydrogens is 284 g/mol. The topological polar surface area (TPSA) is 77.6 Å². The maximum Gasteiger partial charge on any atom is 0.236 e. The Morgan fingerprint density at radius 3 is 2.82 bits per heavy atom. The Bertz CT molecular complexity index is 486. The number of likely N-dealkylation sites (tertiary alicyclic amines) is 1. The zero-order chi connectivity index (χ0) is 15.5. The zero-order valence-corrected chi connectivity index (χ0v) is 13.2. The number of carbonyl (C=O) groups excluding carboxylic acids is 1. The first-order valence-electron chi connectivity index (χ1n) is 7.76.